The Labute approximate surface area is 134 Å². The van der Waals surface area contributed by atoms with Crippen LogP contribution in [0.1, 0.15) is 24.2 Å². The Morgan fingerprint density at radius 1 is 0.727 bits per heavy atom. The van der Waals surface area contributed by atoms with Crippen molar-refractivity contribution in [3.05, 3.63) is 29.6 Å². The third-order valence-corrected chi connectivity index (χ3v) is 4.60. The van der Waals surface area contributed by atoms with Crippen LogP contribution < -0.4 is 10.6 Å². The Kier molecular flexibility index (Phi) is 6.19. The van der Waals surface area contributed by atoms with Gasteiger partial charge in [0.1, 0.15) is 0 Å². The summed E-state index contributed by atoms with van der Waals surface area (Å²) in [4.78, 5) is 9.93. The number of nitrogens with zero attached hydrogens (tertiary/aromatic N) is 3. The van der Waals surface area contributed by atoms with Crippen molar-refractivity contribution >= 4 is 0 Å². The normalized spacial score (nSPS) is 28.2. The quantitative estimate of drug-likeness (QED) is 0.738. The molecule has 1 fully saturated rings. The van der Waals surface area contributed by atoms with Crippen LogP contribution in [0.2, 0.25) is 0 Å². The summed E-state index contributed by atoms with van der Waals surface area (Å²) >= 11 is 0. The molecule has 0 saturated carbocycles. The van der Waals surface area contributed by atoms with Crippen molar-refractivity contribution in [2.75, 3.05) is 52.4 Å². The van der Waals surface area contributed by atoms with E-state index in [9.17, 15) is 0 Å². The van der Waals surface area contributed by atoms with Crippen molar-refractivity contribution in [3.8, 4) is 0 Å². The molecule has 0 atom stereocenters. The Hall–Kier alpha value is -1.01. The highest BCUT2D eigenvalue weighted by Gasteiger charge is 2.15. The molecule has 1 saturated heterocycles. The van der Waals surface area contributed by atoms with Gasteiger partial charge in [0.15, 0.2) is 0 Å². The number of rotatable bonds is 0. The van der Waals surface area contributed by atoms with Crippen molar-refractivity contribution in [2.24, 2.45) is 0 Å². The molecule has 0 aromatic carbocycles. The van der Waals surface area contributed by atoms with Crippen LogP contribution in [0.4, 0.5) is 0 Å². The number of fused-ring (bicyclic) bond motifs is 10. The molecule has 3 aliphatic heterocycles. The molecule has 4 heterocycles. The Balaban J connectivity index is 1.55. The molecule has 5 heteroatoms. The monoisotopic (exact) mass is 303 g/mol. The predicted octanol–water partition coefficient (Wildman–Crippen LogP) is 0.672. The molecule has 3 aliphatic rings. The molecule has 5 nitrogen and oxygen atoms in total. The highest BCUT2D eigenvalue weighted by Crippen LogP contribution is 2.04. The zero-order valence-electron chi connectivity index (χ0n) is 13.6. The van der Waals surface area contributed by atoms with E-state index in [0.29, 0.717) is 0 Å². The van der Waals surface area contributed by atoms with Crippen molar-refractivity contribution < 1.29 is 0 Å². The lowest BCUT2D eigenvalue weighted by molar-refractivity contribution is 0.130. The fourth-order valence-corrected chi connectivity index (χ4v) is 3.25. The first-order chi connectivity index (χ1) is 10.9. The largest absolute Gasteiger partial charge is 0.311 e. The van der Waals surface area contributed by atoms with Crippen molar-refractivity contribution in [1.82, 2.24) is 25.4 Å². The first-order valence-electron chi connectivity index (χ1n) is 8.71. The van der Waals surface area contributed by atoms with Crippen molar-refractivity contribution in [2.45, 2.75) is 25.9 Å². The molecule has 0 amide bonds. The molecular formula is C17H29N5. The van der Waals surface area contributed by atoms with Gasteiger partial charge >= 0.3 is 0 Å². The fourth-order valence-electron chi connectivity index (χ4n) is 3.25. The molecule has 22 heavy (non-hydrogen) atoms. The van der Waals surface area contributed by atoms with Gasteiger partial charge in [-0.25, -0.2) is 0 Å². The van der Waals surface area contributed by atoms with Gasteiger partial charge in [-0.3, -0.25) is 4.98 Å². The maximum absolute atomic E-state index is 4.72. The van der Waals surface area contributed by atoms with Gasteiger partial charge in [-0.2, -0.15) is 0 Å². The molecule has 4 bridgehead atoms. The maximum atomic E-state index is 4.72. The highest BCUT2D eigenvalue weighted by molar-refractivity contribution is 5.11. The van der Waals surface area contributed by atoms with Crippen molar-refractivity contribution in [3.63, 3.8) is 0 Å². The molecule has 0 aliphatic carbocycles. The zero-order chi connectivity index (χ0) is 15.0. The van der Waals surface area contributed by atoms with Crippen LogP contribution >= 0.6 is 0 Å². The molecule has 0 spiro atoms. The van der Waals surface area contributed by atoms with Gasteiger partial charge in [-0.1, -0.05) is 6.07 Å². The van der Waals surface area contributed by atoms with E-state index in [1.807, 2.05) is 0 Å². The molecule has 122 valence electrons. The Morgan fingerprint density at radius 3 is 1.73 bits per heavy atom. The number of piperazine rings is 1. The Bertz CT molecular complexity index is 405. The maximum Gasteiger partial charge on any atom is 0.0545 e. The summed E-state index contributed by atoms with van der Waals surface area (Å²) in [6, 6.07) is 6.35. The molecule has 1 aromatic rings. The van der Waals surface area contributed by atoms with Gasteiger partial charge in [-0.15, -0.1) is 0 Å². The average Bonchev–Trinajstić information content (AvgIpc) is 2.55. The summed E-state index contributed by atoms with van der Waals surface area (Å²) in [5, 5.41) is 7.05. The first-order valence-corrected chi connectivity index (χ1v) is 8.71. The van der Waals surface area contributed by atoms with Gasteiger partial charge in [0.2, 0.25) is 0 Å². The third kappa shape index (κ3) is 5.02. The molecule has 1 aromatic heterocycles. The number of hydrogen-bond donors (Lipinski definition) is 2. The van der Waals surface area contributed by atoms with E-state index in [2.05, 4.69) is 38.6 Å². The zero-order valence-corrected chi connectivity index (χ0v) is 13.6. The van der Waals surface area contributed by atoms with Crippen LogP contribution in [-0.4, -0.2) is 67.1 Å². The number of hydrogen-bond acceptors (Lipinski definition) is 5. The van der Waals surface area contributed by atoms with Crippen LogP contribution in [0.5, 0.6) is 0 Å². The summed E-state index contributed by atoms with van der Waals surface area (Å²) in [6.45, 7) is 11.3. The van der Waals surface area contributed by atoms with E-state index in [1.54, 1.807) is 0 Å². The van der Waals surface area contributed by atoms with E-state index in [0.717, 1.165) is 37.6 Å². The van der Waals surface area contributed by atoms with Crippen LogP contribution in [-0.2, 0) is 13.1 Å². The summed E-state index contributed by atoms with van der Waals surface area (Å²) in [7, 11) is 0. The second kappa shape index (κ2) is 8.58. The number of pyridine rings is 1. The van der Waals surface area contributed by atoms with Crippen LogP contribution in [0.15, 0.2) is 18.2 Å². The minimum atomic E-state index is 0.877. The smallest absolute Gasteiger partial charge is 0.0545 e. The summed E-state index contributed by atoms with van der Waals surface area (Å²) in [5.74, 6) is 0. The molecule has 0 unspecified atom stereocenters. The lowest BCUT2D eigenvalue weighted by atomic mass is 10.2. The number of aromatic nitrogens is 1. The van der Waals surface area contributed by atoms with Crippen LogP contribution in [0.25, 0.3) is 0 Å². The lowest BCUT2D eigenvalue weighted by Gasteiger charge is -2.34. The lowest BCUT2D eigenvalue weighted by Crippen LogP contribution is -2.47. The van der Waals surface area contributed by atoms with Crippen LogP contribution in [0.3, 0.4) is 0 Å². The summed E-state index contributed by atoms with van der Waals surface area (Å²) in [6.07, 6.45) is 2.45. The highest BCUT2D eigenvalue weighted by atomic mass is 15.3. The average molecular weight is 303 g/mol. The Morgan fingerprint density at radius 2 is 1.23 bits per heavy atom. The van der Waals surface area contributed by atoms with Gasteiger partial charge in [0, 0.05) is 39.3 Å². The summed E-state index contributed by atoms with van der Waals surface area (Å²) in [5.41, 5.74) is 2.30. The van der Waals surface area contributed by atoms with E-state index >= 15 is 0 Å². The molecular weight excluding hydrogens is 274 g/mol. The third-order valence-electron chi connectivity index (χ3n) is 4.60. The standard InChI is InChI=1S/C17H29N5/c1-4-16-14-18-6-2-8-21-10-12-22(13-11-21)9-3-7-19-15-17(5-1)20-16/h1,4-5,18-19H,2-3,6-15H2. The number of nitrogens with one attached hydrogen (secondary N) is 2. The molecule has 2 N–H and O–H groups in total. The minimum absolute atomic E-state index is 0.877. The minimum Gasteiger partial charge on any atom is -0.311 e. The fraction of sp³-hybridized carbons (Fsp3) is 0.706. The van der Waals surface area contributed by atoms with E-state index in [1.165, 1.54) is 52.1 Å². The predicted molar refractivity (Wildman–Crippen MR) is 89.8 cm³/mol. The van der Waals surface area contributed by atoms with Crippen LogP contribution in [0, 0.1) is 0 Å². The van der Waals surface area contributed by atoms with Crippen molar-refractivity contribution in [1.29, 1.82) is 0 Å². The van der Waals surface area contributed by atoms with Gasteiger partial charge < -0.3 is 20.4 Å². The molecule has 0 radical (unpaired) electrons. The van der Waals surface area contributed by atoms with Gasteiger partial charge in [0.05, 0.1) is 11.4 Å². The van der Waals surface area contributed by atoms with E-state index in [-0.39, 0.29) is 0 Å². The topological polar surface area (TPSA) is 43.4 Å². The van der Waals surface area contributed by atoms with E-state index < -0.39 is 0 Å². The first kappa shape index (κ1) is 15.9. The molecule has 4 rings (SSSR count). The second-order valence-corrected chi connectivity index (χ2v) is 6.36. The van der Waals surface area contributed by atoms with Gasteiger partial charge in [0.25, 0.3) is 0 Å². The summed E-state index contributed by atoms with van der Waals surface area (Å²) < 4.78 is 0. The van der Waals surface area contributed by atoms with E-state index in [4.69, 9.17) is 4.98 Å². The van der Waals surface area contributed by atoms with Gasteiger partial charge in [-0.05, 0) is 51.2 Å². The second-order valence-electron chi connectivity index (χ2n) is 6.36. The SMILES string of the molecule is c1cc2nc(c1)CNCCCN1CCN(CCCNC2)CC1.